The number of fused-ring (bicyclic) bond motifs is 3. The number of aryl methyl sites for hydroxylation is 1. The average molecular weight is 279 g/mol. The van der Waals surface area contributed by atoms with Crippen molar-refractivity contribution in [3.05, 3.63) is 38.9 Å². The molecule has 0 bridgehead atoms. The van der Waals surface area contributed by atoms with E-state index in [0.29, 0.717) is 16.9 Å². The van der Waals surface area contributed by atoms with Gasteiger partial charge < -0.3 is 9.40 Å². The van der Waals surface area contributed by atoms with Gasteiger partial charge in [0.2, 0.25) is 5.58 Å². The van der Waals surface area contributed by atoms with Crippen molar-refractivity contribution >= 4 is 38.0 Å². The van der Waals surface area contributed by atoms with Gasteiger partial charge >= 0.3 is 0 Å². The summed E-state index contributed by atoms with van der Waals surface area (Å²) >= 11 is 3.38. The lowest BCUT2D eigenvalue weighted by Crippen LogP contribution is -2.07. The molecule has 0 saturated heterocycles. The average Bonchev–Trinajstić information content (AvgIpc) is 2.57. The fraction of sp³-hybridized carbons (Fsp3) is 0.0909. The van der Waals surface area contributed by atoms with Crippen molar-refractivity contribution in [3.63, 3.8) is 0 Å². The second-order valence-corrected chi connectivity index (χ2v) is 4.49. The van der Waals surface area contributed by atoms with Gasteiger partial charge in [-0.15, -0.1) is 0 Å². The second kappa shape index (κ2) is 3.18. The predicted octanol–water partition coefficient (Wildman–Crippen LogP) is 2.74. The molecule has 3 rings (SSSR count). The van der Waals surface area contributed by atoms with Crippen LogP contribution in [0.15, 0.2) is 31.9 Å². The molecule has 0 aliphatic rings. The van der Waals surface area contributed by atoms with Crippen molar-refractivity contribution in [2.24, 2.45) is 0 Å². The topological polar surface area (TPSA) is 58.9 Å². The summed E-state index contributed by atoms with van der Waals surface area (Å²) in [7, 11) is 0. The van der Waals surface area contributed by atoms with Crippen molar-refractivity contribution in [2.75, 3.05) is 0 Å². The van der Waals surface area contributed by atoms with Gasteiger partial charge in [0.1, 0.15) is 16.9 Å². The zero-order valence-electron chi connectivity index (χ0n) is 8.37. The van der Waals surface area contributed by atoms with E-state index in [1.54, 1.807) is 6.92 Å². The van der Waals surface area contributed by atoms with E-state index in [0.717, 1.165) is 9.86 Å². The predicted molar refractivity (Wildman–Crippen MR) is 64.6 cm³/mol. The highest BCUT2D eigenvalue weighted by Crippen LogP contribution is 2.27. The first-order valence-electron chi connectivity index (χ1n) is 4.74. The Hall–Kier alpha value is -1.62. The van der Waals surface area contributed by atoms with Crippen LogP contribution in [0.5, 0.6) is 0 Å². The van der Waals surface area contributed by atoms with Gasteiger partial charge in [-0.3, -0.25) is 4.79 Å². The van der Waals surface area contributed by atoms with Crippen molar-refractivity contribution < 1.29 is 4.42 Å². The van der Waals surface area contributed by atoms with Gasteiger partial charge in [0, 0.05) is 9.86 Å². The van der Waals surface area contributed by atoms with E-state index >= 15 is 0 Å². The van der Waals surface area contributed by atoms with Gasteiger partial charge in [-0.1, -0.05) is 15.9 Å². The minimum Gasteiger partial charge on any atom is -0.449 e. The quantitative estimate of drug-likeness (QED) is 0.688. The molecule has 0 aliphatic heterocycles. The number of halogens is 1. The Morgan fingerprint density at radius 1 is 1.44 bits per heavy atom. The molecule has 0 atom stereocenters. The van der Waals surface area contributed by atoms with E-state index < -0.39 is 0 Å². The van der Waals surface area contributed by atoms with Crippen molar-refractivity contribution in [1.82, 2.24) is 9.97 Å². The number of rotatable bonds is 0. The first-order valence-corrected chi connectivity index (χ1v) is 5.53. The number of benzene rings is 1. The van der Waals surface area contributed by atoms with Crippen molar-refractivity contribution in [3.8, 4) is 0 Å². The van der Waals surface area contributed by atoms with Gasteiger partial charge in [0.15, 0.2) is 0 Å². The molecule has 0 saturated carbocycles. The Morgan fingerprint density at radius 3 is 3.06 bits per heavy atom. The second-order valence-electron chi connectivity index (χ2n) is 3.57. The monoisotopic (exact) mass is 278 g/mol. The van der Waals surface area contributed by atoms with E-state index in [1.807, 2.05) is 18.2 Å². The maximum absolute atomic E-state index is 11.7. The summed E-state index contributed by atoms with van der Waals surface area (Å²) in [6.07, 6.45) is 0. The molecule has 2 aromatic heterocycles. The van der Waals surface area contributed by atoms with Crippen LogP contribution in [0.2, 0.25) is 0 Å². The Labute approximate surface area is 98.4 Å². The summed E-state index contributed by atoms with van der Waals surface area (Å²) in [5.74, 6) is 0.583. The van der Waals surface area contributed by atoms with Crippen LogP contribution in [0.25, 0.3) is 22.1 Å². The van der Waals surface area contributed by atoms with Crippen LogP contribution in [-0.4, -0.2) is 9.97 Å². The van der Waals surface area contributed by atoms with Gasteiger partial charge in [-0.2, -0.15) is 0 Å². The third-order valence-electron chi connectivity index (χ3n) is 2.40. The molecular weight excluding hydrogens is 272 g/mol. The molecule has 0 amide bonds. The minimum absolute atomic E-state index is 0.241. The van der Waals surface area contributed by atoms with Crippen LogP contribution in [0, 0.1) is 6.92 Å². The lowest BCUT2D eigenvalue weighted by atomic mass is 10.2. The minimum atomic E-state index is -0.241. The maximum atomic E-state index is 11.7. The highest BCUT2D eigenvalue weighted by Gasteiger charge is 2.11. The molecule has 0 spiro atoms. The first kappa shape index (κ1) is 9.59. The summed E-state index contributed by atoms with van der Waals surface area (Å²) in [6.45, 7) is 1.75. The molecule has 0 aliphatic carbocycles. The lowest BCUT2D eigenvalue weighted by Gasteiger charge is -1.92. The van der Waals surface area contributed by atoms with E-state index in [9.17, 15) is 4.79 Å². The number of H-pyrrole nitrogens is 1. The van der Waals surface area contributed by atoms with Crippen molar-refractivity contribution in [1.29, 1.82) is 0 Å². The number of hydrogen-bond donors (Lipinski definition) is 1. The summed E-state index contributed by atoms with van der Waals surface area (Å²) in [6, 6.07) is 5.58. The molecule has 0 radical (unpaired) electrons. The van der Waals surface area contributed by atoms with Crippen LogP contribution in [0.1, 0.15) is 5.82 Å². The van der Waals surface area contributed by atoms with Gasteiger partial charge in [0.05, 0.1) is 0 Å². The fourth-order valence-electron chi connectivity index (χ4n) is 1.74. The summed E-state index contributed by atoms with van der Waals surface area (Å²) in [5, 5.41) is 0.846. The molecule has 1 aromatic carbocycles. The van der Waals surface area contributed by atoms with E-state index in [2.05, 4.69) is 25.9 Å². The zero-order chi connectivity index (χ0) is 11.3. The number of aromatic amines is 1. The molecule has 0 fully saturated rings. The summed E-state index contributed by atoms with van der Waals surface area (Å²) in [4.78, 5) is 18.6. The SMILES string of the molecule is Cc1nc2c(oc3ccc(Br)cc32)c(=O)[nH]1. The van der Waals surface area contributed by atoms with Crippen LogP contribution >= 0.6 is 15.9 Å². The number of aromatic nitrogens is 2. The van der Waals surface area contributed by atoms with Gasteiger partial charge in [-0.25, -0.2) is 4.98 Å². The lowest BCUT2D eigenvalue weighted by molar-refractivity contribution is 0.660. The van der Waals surface area contributed by atoms with Crippen LogP contribution in [0.4, 0.5) is 0 Å². The Morgan fingerprint density at radius 2 is 2.25 bits per heavy atom. The Balaban J connectivity index is 2.62. The first-order chi connectivity index (χ1) is 7.65. The Bertz CT molecular complexity index is 758. The van der Waals surface area contributed by atoms with Crippen LogP contribution in [0.3, 0.4) is 0 Å². The fourth-order valence-corrected chi connectivity index (χ4v) is 2.10. The van der Waals surface area contributed by atoms with Crippen molar-refractivity contribution in [2.45, 2.75) is 6.92 Å². The summed E-state index contributed by atoms with van der Waals surface area (Å²) < 4.78 is 6.40. The molecule has 16 heavy (non-hydrogen) atoms. The van der Waals surface area contributed by atoms with Gasteiger partial charge in [0.25, 0.3) is 5.56 Å². The molecule has 80 valence electrons. The van der Waals surface area contributed by atoms with E-state index in [-0.39, 0.29) is 11.1 Å². The Kier molecular flexibility index (Phi) is 1.91. The standard InChI is InChI=1S/C11H7BrN2O2/c1-5-13-9-7-4-6(12)2-3-8(7)16-10(9)11(15)14-5/h2-4H,1H3,(H,13,14,15). The number of furan rings is 1. The molecule has 2 heterocycles. The van der Waals surface area contributed by atoms with E-state index in [1.165, 1.54) is 0 Å². The highest BCUT2D eigenvalue weighted by atomic mass is 79.9. The zero-order valence-corrected chi connectivity index (χ0v) is 9.96. The third kappa shape index (κ3) is 1.28. The molecule has 0 unspecified atom stereocenters. The van der Waals surface area contributed by atoms with Crippen LogP contribution in [-0.2, 0) is 0 Å². The third-order valence-corrected chi connectivity index (χ3v) is 2.90. The molecule has 1 N–H and O–H groups in total. The number of hydrogen-bond acceptors (Lipinski definition) is 3. The molecule has 4 nitrogen and oxygen atoms in total. The molecule has 5 heteroatoms. The number of nitrogens with one attached hydrogen (secondary N) is 1. The normalized spacial score (nSPS) is 11.4. The van der Waals surface area contributed by atoms with Crippen LogP contribution < -0.4 is 5.56 Å². The van der Waals surface area contributed by atoms with E-state index in [4.69, 9.17) is 4.42 Å². The smallest absolute Gasteiger partial charge is 0.294 e. The number of nitrogens with zero attached hydrogens (tertiary/aromatic N) is 1. The maximum Gasteiger partial charge on any atom is 0.294 e. The molecular formula is C11H7BrN2O2. The van der Waals surface area contributed by atoms with Gasteiger partial charge in [-0.05, 0) is 25.1 Å². The molecule has 3 aromatic rings. The summed E-state index contributed by atoms with van der Waals surface area (Å²) in [5.41, 5.74) is 1.31. The largest absolute Gasteiger partial charge is 0.449 e. The highest BCUT2D eigenvalue weighted by molar-refractivity contribution is 9.10.